The van der Waals surface area contributed by atoms with Gasteiger partial charge in [-0.05, 0) is 58.0 Å². The normalized spacial score (nSPS) is 9.62. The van der Waals surface area contributed by atoms with Crippen LogP contribution in [0.3, 0.4) is 0 Å². The number of carboxylic acids is 1. The van der Waals surface area contributed by atoms with E-state index >= 15 is 0 Å². The first-order valence-corrected chi connectivity index (χ1v) is 30.7. The molecule has 0 fully saturated rings. The van der Waals surface area contributed by atoms with Gasteiger partial charge in [0.1, 0.15) is 6.61 Å². The van der Waals surface area contributed by atoms with Crippen LogP contribution in [0.25, 0.3) is 0 Å². The number of hydrogen-bond donors (Lipinski definition) is 5. The number of carboxylic acid groups (broad SMARTS) is 1. The Labute approximate surface area is 472 Å². The van der Waals surface area contributed by atoms with E-state index in [2.05, 4.69) is 88.4 Å². The predicted molar refractivity (Wildman–Crippen MR) is 315 cm³/mol. The van der Waals surface area contributed by atoms with Crippen LogP contribution < -0.4 is 0 Å². The molecule has 0 heterocycles. The largest absolute Gasteiger partial charge is 0.394 e. The van der Waals surface area contributed by atoms with Crippen LogP contribution in [0.4, 0.5) is 0 Å². The second-order valence-electron chi connectivity index (χ2n) is 17.8. The molecule has 3 N–H and O–H groups in total. The molecule has 0 rings (SSSR count). The van der Waals surface area contributed by atoms with Gasteiger partial charge >= 0.3 is 137 Å². The molecular weight excluding hydrogens is 984 g/mol. The van der Waals surface area contributed by atoms with Crippen molar-refractivity contribution in [2.45, 2.75) is 233 Å². The number of ether oxygens (including phenoxy) is 3. The van der Waals surface area contributed by atoms with E-state index < -0.39 is 16.4 Å². The van der Waals surface area contributed by atoms with Gasteiger partial charge in [0, 0.05) is 22.3 Å². The van der Waals surface area contributed by atoms with Gasteiger partial charge in [-0.1, -0.05) is 157 Å². The Morgan fingerprint density at radius 1 is 0.528 bits per heavy atom. The van der Waals surface area contributed by atoms with Crippen molar-refractivity contribution < 1.29 is 56.0 Å². The second kappa shape index (κ2) is 73.4. The number of carbonyl (C=O) groups is 4. The summed E-state index contributed by atoms with van der Waals surface area (Å²) >= 11 is 9.76. The molecule has 0 bridgehead atoms. The standard InChI is InChI=1S/C12H26S.C12H25.C8H14O2.C8H18S.C7H10O2.C5H8O2.C4H6O2.Na.H2O4S/c1-2-3-4-5-6-7-8-9-10-11-12-13;1-3-5-7-9-11-12-10-8-6-4-2;1-6(2)5-10-8(9)7(3)4;1-2-3-4-5-6-7-8-9;1-4-5-9-7(8)6(2)3;1-4(2)5(6)7-3;1-3(2)4(5)6;;1-5(2,3)4/h13H,2-12H2,1H3;1,3-12H2,2H3;6H,3,5H2,1-2,4H3;9H,2-8H2,1H3;4H,1-2,5H2,3H3;1H2,2-3H3;1H2,2H3,(H,5,6);;(H2,1,2,3,4). The van der Waals surface area contributed by atoms with Crippen LogP contribution in [-0.2, 0) is 43.8 Å². The van der Waals surface area contributed by atoms with Gasteiger partial charge in [-0.3, -0.25) is 9.11 Å². The van der Waals surface area contributed by atoms with Crippen LogP contribution in [0.15, 0.2) is 61.3 Å². The molecule has 0 aliphatic carbocycles. The summed E-state index contributed by atoms with van der Waals surface area (Å²) in [6.07, 6.45) is 38.7. The van der Waals surface area contributed by atoms with Crippen molar-refractivity contribution in [3.63, 3.8) is 0 Å². The third kappa shape index (κ3) is 117. The molecule has 0 unspecified atom stereocenters. The van der Waals surface area contributed by atoms with Crippen LogP contribution in [0.2, 0.25) is 3.67 Å². The average molecular weight is 1090 g/mol. The molecule has 0 aromatic heterocycles. The molecule has 0 spiro atoms. The summed E-state index contributed by atoms with van der Waals surface area (Å²) in [5, 5.41) is 7.89. The number of thiol groups is 2. The molecule has 12 nitrogen and oxygen atoms in total. The van der Waals surface area contributed by atoms with Gasteiger partial charge in [0.15, 0.2) is 0 Å². The van der Waals surface area contributed by atoms with E-state index in [0.717, 1.165) is 11.5 Å². The van der Waals surface area contributed by atoms with Gasteiger partial charge in [-0.25, -0.2) is 19.2 Å². The molecule has 0 saturated carbocycles. The zero-order valence-electron chi connectivity index (χ0n) is 47.9. The van der Waals surface area contributed by atoms with Crippen LogP contribution in [0.1, 0.15) is 229 Å². The molecule has 0 saturated heterocycles. The summed E-state index contributed by atoms with van der Waals surface area (Å²) in [6, 6.07) is 0. The van der Waals surface area contributed by atoms with Crippen molar-refractivity contribution in [3.8, 4) is 0 Å². The molecule has 0 radical (unpaired) electrons. The Hall–Kier alpha value is -1.85. The number of esters is 3. The van der Waals surface area contributed by atoms with Crippen molar-refractivity contribution in [3.05, 3.63) is 61.3 Å². The summed E-state index contributed by atoms with van der Waals surface area (Å²) in [7, 11) is -3.34. The summed E-state index contributed by atoms with van der Waals surface area (Å²) < 4.78 is 46.8. The molecule has 0 aliphatic heterocycles. The molecule has 0 atom stereocenters. The predicted octanol–water partition coefficient (Wildman–Crippen LogP) is 16.4. The summed E-state index contributed by atoms with van der Waals surface area (Å²) in [5.74, 6) is 0.574. The second-order valence-corrected chi connectivity index (χ2v) is 20.6. The van der Waals surface area contributed by atoms with Crippen LogP contribution in [-0.4, -0.2) is 106 Å². The Kier molecular flexibility index (Phi) is 88.5. The summed E-state index contributed by atoms with van der Waals surface area (Å²) in [5.41, 5.74) is 1.48. The number of aliphatic carboxylic acids is 1. The first kappa shape index (κ1) is 86.8. The van der Waals surface area contributed by atoms with Crippen LogP contribution in [0, 0.1) is 5.92 Å². The molecule has 72 heavy (non-hydrogen) atoms. The maximum absolute atomic E-state index is 10.7. The van der Waals surface area contributed by atoms with Gasteiger partial charge in [0.05, 0.1) is 13.7 Å². The fourth-order valence-corrected chi connectivity index (χ4v) is 5.97. The van der Waals surface area contributed by atoms with Crippen molar-refractivity contribution in [2.75, 3.05) is 31.8 Å². The summed E-state index contributed by atoms with van der Waals surface area (Å²) in [4.78, 5) is 41.0. The van der Waals surface area contributed by atoms with Crippen molar-refractivity contribution in [1.82, 2.24) is 0 Å². The van der Waals surface area contributed by atoms with E-state index in [9.17, 15) is 19.2 Å². The fourth-order valence-electron chi connectivity index (χ4n) is 5.03. The number of hydrogen-bond acceptors (Lipinski definition) is 11. The van der Waals surface area contributed by atoms with Gasteiger partial charge in [0.25, 0.3) is 0 Å². The minimum atomic E-state index is -4.67. The zero-order chi connectivity index (χ0) is 57.4. The van der Waals surface area contributed by atoms with Gasteiger partial charge in [-0.2, -0.15) is 33.7 Å². The van der Waals surface area contributed by atoms with Crippen molar-refractivity contribution in [2.24, 2.45) is 5.92 Å². The van der Waals surface area contributed by atoms with Gasteiger partial charge in [0.2, 0.25) is 0 Å². The van der Waals surface area contributed by atoms with Crippen LogP contribution >= 0.6 is 25.3 Å². The quantitative estimate of drug-likeness (QED) is 0.00600. The Morgan fingerprint density at radius 3 is 0.958 bits per heavy atom. The van der Waals surface area contributed by atoms with Crippen molar-refractivity contribution >= 4 is 87.5 Å². The number of methoxy groups -OCH3 is 1. The zero-order valence-corrected chi connectivity index (χ0v) is 52.5. The smallest absolute Gasteiger partial charge is 0.264 e. The third-order valence-corrected chi connectivity index (χ3v) is 10.5. The van der Waals surface area contributed by atoms with Gasteiger partial charge in [-0.15, -0.1) is 0 Å². The third-order valence-electron chi connectivity index (χ3n) is 9.21. The minimum Gasteiger partial charge on any atom is -0.264 e. The Morgan fingerprint density at radius 2 is 0.778 bits per heavy atom. The molecule has 0 amide bonds. The van der Waals surface area contributed by atoms with E-state index in [1.54, 1.807) is 20.8 Å². The fraction of sp³-hybridized carbons (Fsp3) is 0.750. The van der Waals surface area contributed by atoms with E-state index in [4.69, 9.17) is 27.4 Å². The topological polar surface area (TPSA) is 191 Å². The monoisotopic (exact) mass is 1090 g/mol. The van der Waals surface area contributed by atoms with Crippen molar-refractivity contribution in [1.29, 1.82) is 0 Å². The van der Waals surface area contributed by atoms with E-state index in [1.165, 1.54) is 219 Å². The molecular formula is C56H109NaO12S3. The Bertz CT molecular complexity index is 1320. The maximum atomic E-state index is 10.7. The minimum absolute atomic E-state index is 0.176. The van der Waals surface area contributed by atoms with E-state index in [1.807, 2.05) is 13.8 Å². The number of carbonyl (C=O) groups excluding carboxylic acids is 3. The van der Waals surface area contributed by atoms with Gasteiger partial charge < -0.3 is 19.3 Å². The average Bonchev–Trinajstić information content (AvgIpc) is 3.31. The van der Waals surface area contributed by atoms with Crippen LogP contribution in [0.5, 0.6) is 0 Å². The number of unbranched alkanes of at least 4 members (excludes halogenated alkanes) is 23. The molecule has 424 valence electrons. The first-order chi connectivity index (χ1) is 33.8. The molecule has 16 heteroatoms. The molecule has 0 aromatic rings. The summed E-state index contributed by atoms with van der Waals surface area (Å²) in [6.45, 7) is 34.6. The SMILES string of the molecule is C=C(C)C(=O)O.C=C(C)C(=O)OC.C=C(C)C(=O)OCC(C)C.C=CCOC(=O)C(=C)C.CCCCCCCCCCCCS.CCCCCCCCCCC[CH2][Na].CCCCCCCCS.O=S(=O)(O)O. The molecule has 0 aliphatic rings. The first-order valence-electron chi connectivity index (χ1n) is 26.6. The number of rotatable bonds is 34. The van der Waals surface area contributed by atoms with E-state index in [-0.39, 0.29) is 30.1 Å². The molecule has 0 aromatic carbocycles. The Balaban J connectivity index is -0.000000110. The van der Waals surface area contributed by atoms with E-state index in [0.29, 0.717) is 29.2 Å². The maximum Gasteiger partial charge on any atom is 0.394 e.